The number of benzene rings is 1. The van der Waals surface area contributed by atoms with Crippen LogP contribution in [0.5, 0.6) is 0 Å². The summed E-state index contributed by atoms with van der Waals surface area (Å²) in [6.45, 7) is 5.27. The van der Waals surface area contributed by atoms with Crippen molar-refractivity contribution in [2.45, 2.75) is 26.4 Å². The number of thiophene rings is 1. The van der Waals surface area contributed by atoms with Gasteiger partial charge in [-0.15, -0.1) is 11.3 Å². The highest BCUT2D eigenvalue weighted by atomic mass is 35.5. The maximum absolute atomic E-state index is 12.1. The predicted molar refractivity (Wildman–Crippen MR) is 99.4 cm³/mol. The van der Waals surface area contributed by atoms with Crippen molar-refractivity contribution in [3.8, 4) is 0 Å². The molecule has 0 atom stereocenters. The van der Waals surface area contributed by atoms with Crippen molar-refractivity contribution in [3.63, 3.8) is 0 Å². The number of halogens is 1. The van der Waals surface area contributed by atoms with Gasteiger partial charge in [0.25, 0.3) is 0 Å². The Hall–Kier alpha value is -1.85. The molecule has 0 unspecified atom stereocenters. The minimum atomic E-state index is -0.568. The van der Waals surface area contributed by atoms with Crippen molar-refractivity contribution in [1.29, 1.82) is 0 Å². The summed E-state index contributed by atoms with van der Waals surface area (Å²) in [6.07, 6.45) is 3.10. The van der Waals surface area contributed by atoms with Crippen molar-refractivity contribution in [2.75, 3.05) is 13.6 Å². The summed E-state index contributed by atoms with van der Waals surface area (Å²) in [7, 11) is 1.56. The van der Waals surface area contributed by atoms with Crippen LogP contribution in [0, 0.1) is 0 Å². The Morgan fingerprint density at radius 1 is 1.29 bits per heavy atom. The number of ether oxygens (including phenoxy) is 1. The smallest absolute Gasteiger partial charge is 0.326 e. The molecule has 1 aromatic heterocycles. The molecule has 2 aromatic rings. The summed E-state index contributed by atoms with van der Waals surface area (Å²) in [5.74, 6) is -0.721. The number of hydrogen-bond acceptors (Lipinski definition) is 4. The van der Waals surface area contributed by atoms with Gasteiger partial charge in [-0.3, -0.25) is 9.59 Å². The molecule has 0 N–H and O–H groups in total. The van der Waals surface area contributed by atoms with Crippen LogP contribution >= 0.6 is 22.9 Å². The molecule has 0 saturated carbocycles. The molecule has 1 heterocycles. The standard InChI is InChI=1S/C18H20ClNO3S/c1-18(2,3)23-16(22)11-20(4)15(21)10-9-14-17(19)12-7-5-6-8-13(12)24-14/h5-10H,11H2,1-4H3/b10-9+. The number of amides is 1. The molecule has 1 aromatic carbocycles. The van der Waals surface area contributed by atoms with Crippen LogP contribution in [0.4, 0.5) is 0 Å². The Kier molecular flexibility index (Phi) is 5.67. The van der Waals surface area contributed by atoms with E-state index in [-0.39, 0.29) is 12.5 Å². The summed E-state index contributed by atoms with van der Waals surface area (Å²) in [6, 6.07) is 7.80. The van der Waals surface area contributed by atoms with E-state index in [1.807, 2.05) is 24.3 Å². The third kappa shape index (κ3) is 4.82. The van der Waals surface area contributed by atoms with E-state index in [1.54, 1.807) is 33.9 Å². The number of esters is 1. The second-order valence-electron chi connectivity index (χ2n) is 6.39. The van der Waals surface area contributed by atoms with E-state index in [1.165, 1.54) is 22.3 Å². The zero-order chi connectivity index (χ0) is 17.9. The maximum Gasteiger partial charge on any atom is 0.326 e. The Morgan fingerprint density at radius 3 is 2.58 bits per heavy atom. The Morgan fingerprint density at radius 2 is 1.96 bits per heavy atom. The molecule has 24 heavy (non-hydrogen) atoms. The molecule has 0 radical (unpaired) electrons. The van der Waals surface area contributed by atoms with Gasteiger partial charge in [-0.25, -0.2) is 0 Å². The molecule has 1 amide bonds. The zero-order valence-electron chi connectivity index (χ0n) is 14.1. The summed E-state index contributed by atoms with van der Waals surface area (Å²) in [5.41, 5.74) is -0.568. The first-order valence-corrected chi connectivity index (χ1v) is 8.69. The molecule has 0 aliphatic heterocycles. The van der Waals surface area contributed by atoms with Gasteiger partial charge in [-0.05, 0) is 32.9 Å². The van der Waals surface area contributed by atoms with Crippen LogP contribution < -0.4 is 0 Å². The van der Waals surface area contributed by atoms with Crippen LogP contribution in [-0.2, 0) is 14.3 Å². The normalized spacial score (nSPS) is 11.9. The Bertz CT molecular complexity index is 789. The van der Waals surface area contributed by atoms with Crippen molar-refractivity contribution >= 4 is 51.0 Å². The third-order valence-corrected chi connectivity index (χ3v) is 4.75. The van der Waals surface area contributed by atoms with E-state index >= 15 is 0 Å². The fourth-order valence-corrected chi connectivity index (χ4v) is 3.46. The lowest BCUT2D eigenvalue weighted by atomic mass is 10.2. The van der Waals surface area contributed by atoms with E-state index in [0.717, 1.165) is 15.0 Å². The molecular formula is C18H20ClNO3S. The molecule has 0 aliphatic carbocycles. The topological polar surface area (TPSA) is 46.6 Å². The number of fused-ring (bicyclic) bond motifs is 1. The minimum absolute atomic E-state index is 0.0966. The first kappa shape index (κ1) is 18.5. The highest BCUT2D eigenvalue weighted by molar-refractivity contribution is 7.20. The van der Waals surface area contributed by atoms with Crippen molar-refractivity contribution in [1.82, 2.24) is 4.90 Å². The number of likely N-dealkylation sites (N-methyl/N-ethyl adjacent to an activating group) is 1. The summed E-state index contributed by atoms with van der Waals surface area (Å²) in [4.78, 5) is 26.0. The second-order valence-corrected chi connectivity index (χ2v) is 7.85. The molecule has 2 rings (SSSR count). The molecule has 0 bridgehead atoms. The van der Waals surface area contributed by atoms with Crippen molar-refractivity contribution in [3.05, 3.63) is 40.2 Å². The molecular weight excluding hydrogens is 346 g/mol. The first-order valence-electron chi connectivity index (χ1n) is 7.49. The van der Waals surface area contributed by atoms with Crippen molar-refractivity contribution in [2.24, 2.45) is 0 Å². The highest BCUT2D eigenvalue weighted by Crippen LogP contribution is 2.35. The molecule has 0 spiro atoms. The average molecular weight is 366 g/mol. The lowest BCUT2D eigenvalue weighted by Crippen LogP contribution is -2.35. The SMILES string of the molecule is CN(CC(=O)OC(C)(C)C)C(=O)/C=C/c1sc2ccccc2c1Cl. The molecule has 128 valence electrons. The molecule has 0 aliphatic rings. The Balaban J connectivity index is 2.03. The Labute approximate surface area is 150 Å². The first-order chi connectivity index (χ1) is 11.2. The van der Waals surface area contributed by atoms with Gasteiger partial charge in [-0.1, -0.05) is 29.8 Å². The summed E-state index contributed by atoms with van der Waals surface area (Å²) in [5, 5.41) is 1.60. The van der Waals surface area contributed by atoms with E-state index in [0.29, 0.717) is 5.02 Å². The van der Waals surface area contributed by atoms with Gasteiger partial charge in [0.15, 0.2) is 0 Å². The van der Waals surface area contributed by atoms with E-state index in [2.05, 4.69) is 0 Å². The number of carbonyl (C=O) groups is 2. The van der Waals surface area contributed by atoms with E-state index in [4.69, 9.17) is 16.3 Å². The van der Waals surface area contributed by atoms with Gasteiger partial charge >= 0.3 is 5.97 Å². The molecule has 6 heteroatoms. The van der Waals surface area contributed by atoms with Gasteiger partial charge in [0.05, 0.1) is 5.02 Å². The average Bonchev–Trinajstić information content (AvgIpc) is 2.79. The number of carbonyl (C=O) groups excluding carboxylic acids is 2. The van der Waals surface area contributed by atoms with Gasteiger partial charge in [0, 0.05) is 28.1 Å². The third-order valence-electron chi connectivity index (χ3n) is 3.10. The number of nitrogens with zero attached hydrogens (tertiary/aromatic N) is 1. The highest BCUT2D eigenvalue weighted by Gasteiger charge is 2.19. The minimum Gasteiger partial charge on any atom is -0.459 e. The summed E-state index contributed by atoms with van der Waals surface area (Å²) >= 11 is 7.86. The van der Waals surface area contributed by atoms with E-state index in [9.17, 15) is 9.59 Å². The maximum atomic E-state index is 12.1. The predicted octanol–water partition coefficient (Wildman–Crippen LogP) is 4.37. The van der Waals surface area contributed by atoms with Crippen LogP contribution in [0.25, 0.3) is 16.2 Å². The fraction of sp³-hybridized carbons (Fsp3) is 0.333. The van der Waals surface area contributed by atoms with Gasteiger partial charge in [0.1, 0.15) is 12.1 Å². The fourth-order valence-electron chi connectivity index (χ4n) is 2.06. The van der Waals surface area contributed by atoms with E-state index < -0.39 is 11.6 Å². The zero-order valence-corrected chi connectivity index (χ0v) is 15.7. The molecule has 4 nitrogen and oxygen atoms in total. The van der Waals surface area contributed by atoms with Crippen molar-refractivity contribution < 1.29 is 14.3 Å². The molecule has 0 fully saturated rings. The van der Waals surface area contributed by atoms with Gasteiger partial charge in [0.2, 0.25) is 5.91 Å². The van der Waals surface area contributed by atoms with Crippen LogP contribution in [0.3, 0.4) is 0 Å². The van der Waals surface area contributed by atoms with Gasteiger partial charge in [-0.2, -0.15) is 0 Å². The lowest BCUT2D eigenvalue weighted by molar-refractivity contribution is -0.157. The lowest BCUT2D eigenvalue weighted by Gasteiger charge is -2.22. The quantitative estimate of drug-likeness (QED) is 0.597. The van der Waals surface area contributed by atoms with Crippen LogP contribution in [-0.4, -0.2) is 36.0 Å². The van der Waals surface area contributed by atoms with Crippen LogP contribution in [0.15, 0.2) is 30.3 Å². The largest absolute Gasteiger partial charge is 0.459 e. The second kappa shape index (κ2) is 7.36. The monoisotopic (exact) mass is 365 g/mol. The van der Waals surface area contributed by atoms with Crippen LogP contribution in [0.2, 0.25) is 5.02 Å². The number of rotatable bonds is 4. The summed E-state index contributed by atoms with van der Waals surface area (Å²) < 4.78 is 6.27. The number of hydrogen-bond donors (Lipinski definition) is 0. The molecule has 0 saturated heterocycles. The van der Waals surface area contributed by atoms with Crippen LogP contribution in [0.1, 0.15) is 25.6 Å². The van der Waals surface area contributed by atoms with Gasteiger partial charge < -0.3 is 9.64 Å².